The van der Waals surface area contributed by atoms with E-state index in [4.69, 9.17) is 15.7 Å². The van der Waals surface area contributed by atoms with Crippen molar-refractivity contribution in [3.05, 3.63) is 59.7 Å². The summed E-state index contributed by atoms with van der Waals surface area (Å²) >= 11 is 0. The number of carbonyl (C=O) groups is 3. The van der Waals surface area contributed by atoms with E-state index in [2.05, 4.69) is 15.7 Å². The molecule has 1 amide bonds. The average molecular weight is 398 g/mol. The zero-order valence-corrected chi connectivity index (χ0v) is 15.8. The topological polar surface area (TPSA) is 143 Å². The predicted octanol–water partition coefficient (Wildman–Crippen LogP) is 2.37. The van der Waals surface area contributed by atoms with E-state index in [0.717, 1.165) is 0 Å². The van der Waals surface area contributed by atoms with Crippen LogP contribution >= 0.6 is 0 Å². The minimum absolute atomic E-state index is 0.161. The number of hydrazone groups is 1. The zero-order valence-electron chi connectivity index (χ0n) is 15.8. The van der Waals surface area contributed by atoms with Gasteiger partial charge in [0.1, 0.15) is 6.34 Å². The van der Waals surface area contributed by atoms with E-state index >= 15 is 0 Å². The zero-order chi connectivity index (χ0) is 21.2. The van der Waals surface area contributed by atoms with Crippen LogP contribution in [0.25, 0.3) is 0 Å². The second kappa shape index (κ2) is 10.5. The Morgan fingerprint density at radius 3 is 2.52 bits per heavy atom. The van der Waals surface area contributed by atoms with Crippen LogP contribution in [0.1, 0.15) is 35.2 Å². The Morgan fingerprint density at radius 1 is 1.17 bits per heavy atom. The monoisotopic (exact) mass is 398 g/mol. The highest BCUT2D eigenvalue weighted by molar-refractivity contribution is 6.05. The van der Waals surface area contributed by atoms with E-state index in [-0.39, 0.29) is 18.9 Å². The highest BCUT2D eigenvalue weighted by atomic mass is 16.5. The molecule has 152 valence electrons. The van der Waals surface area contributed by atoms with Crippen LogP contribution in [0.2, 0.25) is 0 Å². The van der Waals surface area contributed by atoms with Crippen molar-refractivity contribution in [1.82, 2.24) is 0 Å². The molecule has 0 saturated carbocycles. The number of anilines is 2. The lowest BCUT2D eigenvalue weighted by molar-refractivity contribution is -0.149. The minimum atomic E-state index is -1.10. The summed E-state index contributed by atoms with van der Waals surface area (Å²) in [7, 11) is 0. The number of carboxylic acids is 1. The van der Waals surface area contributed by atoms with Crippen molar-refractivity contribution in [2.45, 2.75) is 19.3 Å². The molecular weight excluding hydrogens is 376 g/mol. The minimum Gasteiger partial charge on any atom is -0.481 e. The van der Waals surface area contributed by atoms with Crippen LogP contribution in [-0.4, -0.2) is 35.9 Å². The summed E-state index contributed by atoms with van der Waals surface area (Å²) in [4.78, 5) is 35.6. The Labute approximate surface area is 167 Å². The molecule has 0 radical (unpaired) electrons. The molecule has 9 heteroatoms. The number of benzene rings is 2. The molecular formula is C20H22N4O5. The lowest BCUT2D eigenvalue weighted by Gasteiger charge is -2.14. The fraction of sp³-hybridized carbons (Fsp3) is 0.200. The molecule has 1 atom stereocenters. The standard InChI is InChI=1S/C20H22N4O5/c1-2-29-20(28)17(11-18(25)26)13-6-8-15(9-7-13)24-19(27)14-4-3-5-16(10-14)22-12-23-21/h3-10,12,17H,2,11,21H2,1H3,(H,22,23)(H,24,27)(H,25,26). The van der Waals surface area contributed by atoms with Crippen molar-refractivity contribution in [1.29, 1.82) is 0 Å². The molecule has 2 aromatic rings. The maximum atomic E-state index is 12.4. The van der Waals surface area contributed by atoms with Crippen molar-refractivity contribution in [2.75, 3.05) is 17.2 Å². The molecule has 0 aliphatic carbocycles. The highest BCUT2D eigenvalue weighted by Gasteiger charge is 2.25. The molecule has 2 aromatic carbocycles. The van der Waals surface area contributed by atoms with Crippen LogP contribution in [0, 0.1) is 0 Å². The van der Waals surface area contributed by atoms with E-state index in [9.17, 15) is 14.4 Å². The normalized spacial score (nSPS) is 11.6. The van der Waals surface area contributed by atoms with Crippen LogP contribution in [0.5, 0.6) is 0 Å². The number of carboxylic acid groups (broad SMARTS) is 1. The lowest BCUT2D eigenvalue weighted by atomic mass is 9.95. The third-order valence-corrected chi connectivity index (χ3v) is 3.95. The van der Waals surface area contributed by atoms with E-state index in [1.54, 1.807) is 55.5 Å². The van der Waals surface area contributed by atoms with Crippen LogP contribution < -0.4 is 16.5 Å². The number of nitrogens with two attached hydrogens (primary N) is 1. The number of carbonyl (C=O) groups excluding carboxylic acids is 2. The summed E-state index contributed by atoms with van der Waals surface area (Å²) in [5.41, 5.74) is 2.06. The molecule has 0 aliphatic heterocycles. The maximum Gasteiger partial charge on any atom is 0.313 e. The Bertz CT molecular complexity index is 896. The molecule has 0 heterocycles. The second-order valence-electron chi connectivity index (χ2n) is 5.98. The average Bonchev–Trinajstić information content (AvgIpc) is 2.71. The number of nitrogens with one attached hydrogen (secondary N) is 2. The van der Waals surface area contributed by atoms with Crippen molar-refractivity contribution in [3.63, 3.8) is 0 Å². The van der Waals surface area contributed by atoms with Crippen LogP contribution in [0.15, 0.2) is 53.6 Å². The summed E-state index contributed by atoms with van der Waals surface area (Å²) in [5, 5.41) is 18.0. The van der Waals surface area contributed by atoms with Gasteiger partial charge in [0.25, 0.3) is 5.91 Å². The van der Waals surface area contributed by atoms with E-state index in [0.29, 0.717) is 22.5 Å². The van der Waals surface area contributed by atoms with Gasteiger partial charge in [-0.15, -0.1) is 0 Å². The summed E-state index contributed by atoms with van der Waals surface area (Å²) in [5.74, 6) is 2.09. The fourth-order valence-corrected chi connectivity index (χ4v) is 2.62. The van der Waals surface area contributed by atoms with Crippen LogP contribution in [-0.2, 0) is 14.3 Å². The van der Waals surface area contributed by atoms with Crippen molar-refractivity contribution in [2.24, 2.45) is 10.9 Å². The van der Waals surface area contributed by atoms with Crippen molar-refractivity contribution < 1.29 is 24.2 Å². The van der Waals surface area contributed by atoms with Crippen molar-refractivity contribution >= 4 is 35.6 Å². The maximum absolute atomic E-state index is 12.4. The second-order valence-corrected chi connectivity index (χ2v) is 5.98. The SMILES string of the molecule is CCOC(=O)C(CC(=O)O)c1ccc(NC(=O)c2cccc(NC=NN)c2)cc1. The molecule has 5 N–H and O–H groups in total. The predicted molar refractivity (Wildman–Crippen MR) is 109 cm³/mol. The highest BCUT2D eigenvalue weighted by Crippen LogP contribution is 2.24. The fourth-order valence-electron chi connectivity index (χ4n) is 2.62. The summed E-state index contributed by atoms with van der Waals surface area (Å²) in [6, 6.07) is 13.1. The van der Waals surface area contributed by atoms with Crippen molar-refractivity contribution in [3.8, 4) is 0 Å². The Kier molecular flexibility index (Phi) is 7.72. The summed E-state index contributed by atoms with van der Waals surface area (Å²) in [6.45, 7) is 1.82. The van der Waals surface area contributed by atoms with Crippen LogP contribution in [0.3, 0.4) is 0 Å². The Balaban J connectivity index is 2.12. The molecule has 2 rings (SSSR count). The summed E-state index contributed by atoms with van der Waals surface area (Å²) in [6.07, 6.45) is 0.920. The smallest absolute Gasteiger partial charge is 0.313 e. The number of hydrogen-bond donors (Lipinski definition) is 4. The van der Waals surface area contributed by atoms with E-state index < -0.39 is 17.9 Å². The molecule has 0 saturated heterocycles. The third kappa shape index (κ3) is 6.35. The van der Waals surface area contributed by atoms with Crippen LogP contribution in [0.4, 0.5) is 11.4 Å². The molecule has 0 aliphatic rings. The van der Waals surface area contributed by atoms with Gasteiger partial charge >= 0.3 is 11.9 Å². The van der Waals surface area contributed by atoms with Gasteiger partial charge in [0.05, 0.1) is 18.9 Å². The molecule has 0 spiro atoms. The number of rotatable bonds is 9. The molecule has 29 heavy (non-hydrogen) atoms. The van der Waals surface area contributed by atoms with E-state index in [1.807, 2.05) is 0 Å². The molecule has 0 bridgehead atoms. The molecule has 1 unspecified atom stereocenters. The van der Waals surface area contributed by atoms with Gasteiger partial charge in [-0.3, -0.25) is 14.4 Å². The van der Waals surface area contributed by atoms with Gasteiger partial charge in [-0.1, -0.05) is 18.2 Å². The largest absolute Gasteiger partial charge is 0.481 e. The first-order valence-corrected chi connectivity index (χ1v) is 8.82. The molecule has 0 aromatic heterocycles. The lowest BCUT2D eigenvalue weighted by Crippen LogP contribution is -2.19. The van der Waals surface area contributed by atoms with Gasteiger partial charge in [-0.25, -0.2) is 0 Å². The number of ether oxygens (including phenoxy) is 1. The first-order chi connectivity index (χ1) is 13.9. The first kappa shape index (κ1) is 21.4. The number of esters is 1. The van der Waals surface area contributed by atoms with Gasteiger partial charge < -0.3 is 26.3 Å². The Morgan fingerprint density at radius 2 is 1.90 bits per heavy atom. The molecule has 9 nitrogen and oxygen atoms in total. The number of nitrogens with zero attached hydrogens (tertiary/aromatic N) is 1. The third-order valence-electron chi connectivity index (χ3n) is 3.95. The summed E-state index contributed by atoms with van der Waals surface area (Å²) < 4.78 is 4.96. The van der Waals surface area contributed by atoms with Gasteiger partial charge in [-0.05, 0) is 42.8 Å². The van der Waals surface area contributed by atoms with Gasteiger partial charge in [0.15, 0.2) is 0 Å². The van der Waals surface area contributed by atoms with Gasteiger partial charge in [-0.2, -0.15) is 5.10 Å². The Hall–Kier alpha value is -3.88. The van der Waals surface area contributed by atoms with E-state index in [1.165, 1.54) is 6.34 Å². The van der Waals surface area contributed by atoms with Gasteiger partial charge in [0, 0.05) is 16.9 Å². The number of aliphatic carboxylic acids is 1. The molecule has 0 fully saturated rings. The number of amides is 1. The van der Waals surface area contributed by atoms with Gasteiger partial charge in [0.2, 0.25) is 0 Å². The first-order valence-electron chi connectivity index (χ1n) is 8.82. The number of hydrogen-bond acceptors (Lipinski definition) is 6. The quantitative estimate of drug-likeness (QED) is 0.167.